The second kappa shape index (κ2) is 9.36. The Hall–Kier alpha value is -3.87. The van der Waals surface area contributed by atoms with Crippen molar-refractivity contribution in [2.45, 2.75) is 13.8 Å². The maximum Gasteiger partial charge on any atom is 0.255 e. The Morgan fingerprint density at radius 2 is 1.69 bits per heavy atom. The van der Waals surface area contributed by atoms with Crippen LogP contribution in [-0.4, -0.2) is 23.4 Å². The van der Waals surface area contributed by atoms with E-state index < -0.39 is 0 Å². The highest BCUT2D eigenvalue weighted by Crippen LogP contribution is 2.20. The van der Waals surface area contributed by atoms with E-state index in [1.165, 1.54) is 6.92 Å². The van der Waals surface area contributed by atoms with Crippen LogP contribution in [0.3, 0.4) is 0 Å². The fourth-order valence-corrected chi connectivity index (χ4v) is 2.67. The highest BCUT2D eigenvalue weighted by atomic mass is 16.5. The molecule has 0 spiro atoms. The van der Waals surface area contributed by atoms with Crippen molar-refractivity contribution in [3.63, 3.8) is 0 Å². The van der Waals surface area contributed by atoms with Gasteiger partial charge < -0.3 is 20.7 Å². The van der Waals surface area contributed by atoms with Crippen LogP contribution in [0.1, 0.15) is 24.2 Å². The van der Waals surface area contributed by atoms with Crippen LogP contribution >= 0.6 is 0 Å². The van der Waals surface area contributed by atoms with Gasteiger partial charge in [0.25, 0.3) is 5.91 Å². The molecule has 1 heterocycles. The molecule has 148 valence electrons. The molecule has 3 aromatic rings. The van der Waals surface area contributed by atoms with Crippen LogP contribution < -0.4 is 20.7 Å². The Labute approximate surface area is 169 Å². The molecular formula is C22H22N4O3. The highest BCUT2D eigenvalue weighted by Gasteiger charge is 2.08. The number of hydrogen-bond acceptors (Lipinski definition) is 5. The number of carbonyl (C=O) groups is 2. The van der Waals surface area contributed by atoms with Crippen molar-refractivity contribution in [1.82, 2.24) is 4.98 Å². The van der Waals surface area contributed by atoms with Gasteiger partial charge in [-0.1, -0.05) is 6.07 Å². The van der Waals surface area contributed by atoms with Crippen molar-refractivity contribution in [1.29, 1.82) is 0 Å². The van der Waals surface area contributed by atoms with Crippen molar-refractivity contribution < 1.29 is 14.3 Å². The number of aromatic nitrogens is 1. The average molecular weight is 390 g/mol. The number of ether oxygens (including phenoxy) is 1. The lowest BCUT2D eigenvalue weighted by Gasteiger charge is -2.10. The topological polar surface area (TPSA) is 92.3 Å². The lowest BCUT2D eigenvalue weighted by Crippen LogP contribution is -2.12. The molecule has 7 heteroatoms. The maximum atomic E-state index is 12.6. The maximum absolute atomic E-state index is 12.6. The van der Waals surface area contributed by atoms with E-state index in [9.17, 15) is 9.59 Å². The Balaban J connectivity index is 1.68. The number of anilines is 4. The van der Waals surface area contributed by atoms with Crippen LogP contribution in [0, 0.1) is 0 Å². The van der Waals surface area contributed by atoms with Crippen LogP contribution in [0.5, 0.6) is 5.75 Å². The highest BCUT2D eigenvalue weighted by molar-refractivity contribution is 6.04. The van der Waals surface area contributed by atoms with Gasteiger partial charge in [0, 0.05) is 35.7 Å². The normalized spacial score (nSPS) is 10.1. The van der Waals surface area contributed by atoms with Gasteiger partial charge in [0.1, 0.15) is 11.6 Å². The molecule has 0 atom stereocenters. The third-order valence-corrected chi connectivity index (χ3v) is 3.90. The second-order valence-corrected chi connectivity index (χ2v) is 6.23. The summed E-state index contributed by atoms with van der Waals surface area (Å²) >= 11 is 0. The molecule has 0 radical (unpaired) electrons. The monoisotopic (exact) mass is 390 g/mol. The van der Waals surface area contributed by atoms with Gasteiger partial charge in [0.2, 0.25) is 5.91 Å². The van der Waals surface area contributed by atoms with Gasteiger partial charge in [-0.3, -0.25) is 9.59 Å². The fraction of sp³-hybridized carbons (Fsp3) is 0.136. The minimum Gasteiger partial charge on any atom is -0.494 e. The zero-order valence-corrected chi connectivity index (χ0v) is 16.2. The van der Waals surface area contributed by atoms with Crippen LogP contribution in [0.15, 0.2) is 66.9 Å². The molecular weight excluding hydrogens is 368 g/mol. The number of pyridine rings is 1. The predicted molar refractivity (Wildman–Crippen MR) is 114 cm³/mol. The van der Waals surface area contributed by atoms with E-state index in [0.29, 0.717) is 29.4 Å². The van der Waals surface area contributed by atoms with Gasteiger partial charge in [-0.25, -0.2) is 4.98 Å². The first kappa shape index (κ1) is 19.9. The number of carbonyl (C=O) groups excluding carboxylic acids is 2. The van der Waals surface area contributed by atoms with Crippen molar-refractivity contribution in [2.75, 3.05) is 22.6 Å². The molecule has 0 aliphatic rings. The zero-order valence-electron chi connectivity index (χ0n) is 16.2. The molecule has 0 saturated heterocycles. The van der Waals surface area contributed by atoms with Crippen molar-refractivity contribution in [3.8, 4) is 5.75 Å². The molecule has 0 aliphatic heterocycles. The largest absolute Gasteiger partial charge is 0.494 e. The summed E-state index contributed by atoms with van der Waals surface area (Å²) in [4.78, 5) is 28.0. The van der Waals surface area contributed by atoms with Gasteiger partial charge in [-0.05, 0) is 61.5 Å². The molecule has 29 heavy (non-hydrogen) atoms. The summed E-state index contributed by atoms with van der Waals surface area (Å²) < 4.78 is 5.40. The second-order valence-electron chi connectivity index (χ2n) is 6.23. The summed E-state index contributed by atoms with van der Waals surface area (Å²) in [6.45, 7) is 3.96. The Kier molecular flexibility index (Phi) is 6.42. The number of amides is 2. The number of hydrogen-bond donors (Lipinski definition) is 3. The van der Waals surface area contributed by atoms with Crippen LogP contribution in [0.2, 0.25) is 0 Å². The summed E-state index contributed by atoms with van der Waals surface area (Å²) in [5.41, 5.74) is 2.56. The molecule has 2 aromatic carbocycles. The number of rotatable bonds is 7. The summed E-state index contributed by atoms with van der Waals surface area (Å²) in [5.74, 6) is 0.881. The Morgan fingerprint density at radius 3 is 2.41 bits per heavy atom. The van der Waals surface area contributed by atoms with Crippen molar-refractivity contribution in [2.24, 2.45) is 0 Å². The van der Waals surface area contributed by atoms with Crippen molar-refractivity contribution in [3.05, 3.63) is 72.4 Å². The van der Waals surface area contributed by atoms with Gasteiger partial charge in [0.15, 0.2) is 0 Å². The molecule has 0 unspecified atom stereocenters. The first-order valence-electron chi connectivity index (χ1n) is 9.18. The summed E-state index contributed by atoms with van der Waals surface area (Å²) in [6.07, 6.45) is 1.56. The summed E-state index contributed by atoms with van der Waals surface area (Å²) in [5, 5.41) is 8.72. The van der Waals surface area contributed by atoms with E-state index in [-0.39, 0.29) is 11.8 Å². The number of benzene rings is 2. The lowest BCUT2D eigenvalue weighted by atomic mass is 10.2. The minimum absolute atomic E-state index is 0.145. The number of nitrogens with one attached hydrogen (secondary N) is 3. The molecule has 1 aromatic heterocycles. The Morgan fingerprint density at radius 1 is 0.931 bits per heavy atom. The molecule has 7 nitrogen and oxygen atoms in total. The zero-order chi connectivity index (χ0) is 20.6. The van der Waals surface area contributed by atoms with E-state index in [2.05, 4.69) is 20.9 Å². The number of nitrogens with zero attached hydrogens (tertiary/aromatic N) is 1. The third kappa shape index (κ3) is 5.80. The van der Waals surface area contributed by atoms with Gasteiger partial charge >= 0.3 is 0 Å². The molecule has 3 N–H and O–H groups in total. The predicted octanol–water partition coefficient (Wildman–Crippen LogP) is 4.43. The average Bonchev–Trinajstić information content (AvgIpc) is 2.70. The SMILES string of the molecule is CCOc1ccc(NC(=O)c2ccnc(Nc3cccc(NC(C)=O)c3)c2)cc1. The van der Waals surface area contributed by atoms with E-state index in [1.807, 2.05) is 19.1 Å². The first-order valence-corrected chi connectivity index (χ1v) is 9.18. The Bertz CT molecular complexity index is 1000. The first-order chi connectivity index (χ1) is 14.0. The summed E-state index contributed by atoms with van der Waals surface area (Å²) in [6, 6.07) is 17.7. The molecule has 2 amide bonds. The van der Waals surface area contributed by atoms with Gasteiger partial charge in [0.05, 0.1) is 6.61 Å². The van der Waals surface area contributed by atoms with Crippen molar-refractivity contribution >= 4 is 34.7 Å². The van der Waals surface area contributed by atoms with E-state index >= 15 is 0 Å². The van der Waals surface area contributed by atoms with Gasteiger partial charge in [-0.15, -0.1) is 0 Å². The lowest BCUT2D eigenvalue weighted by molar-refractivity contribution is -0.114. The van der Waals surface area contributed by atoms with Crippen LogP contribution in [-0.2, 0) is 4.79 Å². The molecule has 3 rings (SSSR count). The molecule has 0 fully saturated rings. The van der Waals surface area contributed by atoms with E-state index in [0.717, 1.165) is 11.4 Å². The molecule has 0 saturated carbocycles. The van der Waals surface area contributed by atoms with Crippen LogP contribution in [0.25, 0.3) is 0 Å². The van der Waals surface area contributed by atoms with E-state index in [4.69, 9.17) is 4.74 Å². The molecule has 0 aliphatic carbocycles. The fourth-order valence-electron chi connectivity index (χ4n) is 2.67. The standard InChI is InChI=1S/C22H22N4O3/c1-3-29-20-9-7-17(8-10-20)26-22(28)16-11-12-23-21(13-16)25-19-6-4-5-18(14-19)24-15(2)27/h4-14H,3H2,1-2H3,(H,23,25)(H,24,27)(H,26,28). The third-order valence-electron chi connectivity index (χ3n) is 3.90. The smallest absolute Gasteiger partial charge is 0.255 e. The quantitative estimate of drug-likeness (QED) is 0.555. The van der Waals surface area contributed by atoms with Gasteiger partial charge in [-0.2, -0.15) is 0 Å². The minimum atomic E-state index is -0.244. The summed E-state index contributed by atoms with van der Waals surface area (Å²) in [7, 11) is 0. The molecule has 0 bridgehead atoms. The van der Waals surface area contributed by atoms with E-state index in [1.54, 1.807) is 54.7 Å². The van der Waals surface area contributed by atoms with Crippen LogP contribution in [0.4, 0.5) is 22.9 Å².